The van der Waals surface area contributed by atoms with Crippen LogP contribution < -0.4 is 9.46 Å². The molecule has 1 saturated heterocycles. The second kappa shape index (κ2) is 15.7. The number of benzene rings is 2. The van der Waals surface area contributed by atoms with Crippen LogP contribution in [0.25, 0.3) is 27.7 Å². The minimum Gasteiger partial charge on any atom is -0.497 e. The largest absolute Gasteiger partial charge is 0.497 e. The Morgan fingerprint density at radius 3 is 2.33 bits per heavy atom. The fourth-order valence-corrected chi connectivity index (χ4v) is 9.87. The van der Waals surface area contributed by atoms with E-state index in [0.29, 0.717) is 36.5 Å². The highest BCUT2D eigenvalue weighted by atomic mass is 32.2. The van der Waals surface area contributed by atoms with Gasteiger partial charge in [0.05, 0.1) is 36.0 Å². The molecule has 1 aliphatic carbocycles. The molecular weight excluding hydrogens is 701 g/mol. The van der Waals surface area contributed by atoms with Gasteiger partial charge >= 0.3 is 0 Å². The zero-order chi connectivity index (χ0) is 39.1. The molecule has 1 N–H and O–H groups in total. The quantitative estimate of drug-likeness (QED) is 0.175. The number of allylic oxidation sites excluding steroid dienone is 1. The van der Waals surface area contributed by atoms with Gasteiger partial charge in [-0.25, -0.2) is 13.1 Å². The van der Waals surface area contributed by atoms with Crippen molar-refractivity contribution in [2.45, 2.75) is 91.3 Å². The molecule has 2 aliphatic rings. The number of methoxy groups -OCH3 is 1. The summed E-state index contributed by atoms with van der Waals surface area (Å²) in [6, 6.07) is 12.0. The third-order valence-corrected chi connectivity index (χ3v) is 13.0. The molecule has 4 aromatic rings. The molecule has 2 amide bonds. The molecule has 12 heteroatoms. The van der Waals surface area contributed by atoms with Crippen LogP contribution in [0.3, 0.4) is 0 Å². The molecule has 0 bridgehead atoms. The summed E-state index contributed by atoms with van der Waals surface area (Å²) in [6.45, 7) is 16.1. The Morgan fingerprint density at radius 2 is 1.70 bits per heavy atom. The van der Waals surface area contributed by atoms with Crippen LogP contribution in [0.15, 0.2) is 49.2 Å². The fourth-order valence-electron chi connectivity index (χ4n) is 8.51. The van der Waals surface area contributed by atoms with Gasteiger partial charge in [0.25, 0.3) is 11.8 Å². The van der Waals surface area contributed by atoms with E-state index in [2.05, 4.69) is 59.8 Å². The molecule has 54 heavy (non-hydrogen) atoms. The molecule has 2 unspecified atom stereocenters. The van der Waals surface area contributed by atoms with E-state index in [9.17, 15) is 18.0 Å². The lowest BCUT2D eigenvalue weighted by Crippen LogP contribution is -2.56. The molecular formula is C42H56N6O5S. The lowest BCUT2D eigenvalue weighted by atomic mass is 9.81. The number of aromatic nitrogens is 3. The zero-order valence-corrected chi connectivity index (χ0v) is 33.9. The van der Waals surface area contributed by atoms with Gasteiger partial charge in [0.2, 0.25) is 10.0 Å². The Hall–Kier alpha value is -4.42. The van der Waals surface area contributed by atoms with E-state index in [1.165, 1.54) is 12.0 Å². The Balaban J connectivity index is 1.51. The van der Waals surface area contributed by atoms with Crippen molar-refractivity contribution < 1.29 is 22.7 Å². The molecule has 0 spiro atoms. The molecule has 290 valence electrons. The first kappa shape index (κ1) is 39.3. The highest BCUT2D eigenvalue weighted by Crippen LogP contribution is 2.46. The third kappa shape index (κ3) is 7.86. The van der Waals surface area contributed by atoms with E-state index in [-0.39, 0.29) is 41.1 Å². The summed E-state index contributed by atoms with van der Waals surface area (Å²) < 4.78 is 37.5. The lowest BCUT2D eigenvalue weighted by Gasteiger charge is -2.42. The molecule has 2 fully saturated rings. The van der Waals surface area contributed by atoms with Gasteiger partial charge in [0, 0.05) is 60.8 Å². The first-order valence-corrected chi connectivity index (χ1v) is 20.8. The number of fused-ring (bicyclic) bond motifs is 1. The first-order valence-electron chi connectivity index (χ1n) is 19.2. The van der Waals surface area contributed by atoms with E-state index in [1.807, 2.05) is 30.1 Å². The number of likely N-dealkylation sites (N-methyl/N-ethyl adjacent to an activating group) is 1. The predicted molar refractivity (Wildman–Crippen MR) is 215 cm³/mol. The summed E-state index contributed by atoms with van der Waals surface area (Å²) >= 11 is 0. The summed E-state index contributed by atoms with van der Waals surface area (Å²) in [4.78, 5) is 32.0. The standard InChI is InChI=1S/C42H56N6O5S/c1-26(2)25-54(51,52)44-41(49)32-15-17-35-37(20-32)48(40(38(35)31-13-11-10-12-14-31)34-18-16-33(53-9)19-27(34)3)22-28(4)39-36(21-43-46(39)8)42(50)47-23-29(5)45(7)30(6)24-47/h15-21,26,29-31H,4,10-14,22-25H2,1-3,5-9H3,(H,44,49). The second-order valence-corrected chi connectivity index (χ2v) is 17.7. The van der Waals surface area contributed by atoms with Crippen LogP contribution in [0.4, 0.5) is 0 Å². The molecule has 0 radical (unpaired) electrons. The molecule has 2 atom stereocenters. The van der Waals surface area contributed by atoms with Gasteiger partial charge < -0.3 is 14.2 Å². The molecule has 6 rings (SSSR count). The molecule has 2 aromatic heterocycles. The zero-order valence-electron chi connectivity index (χ0n) is 33.1. The lowest BCUT2D eigenvalue weighted by molar-refractivity contribution is 0.0414. The van der Waals surface area contributed by atoms with Gasteiger partial charge in [-0.2, -0.15) is 5.10 Å². The molecule has 1 saturated carbocycles. The van der Waals surface area contributed by atoms with Crippen molar-refractivity contribution in [3.8, 4) is 17.0 Å². The Bertz CT molecular complexity index is 2170. The average molecular weight is 757 g/mol. The smallest absolute Gasteiger partial charge is 0.264 e. The van der Waals surface area contributed by atoms with Crippen molar-refractivity contribution in [3.05, 3.63) is 77.1 Å². The number of piperazine rings is 1. The number of nitrogens with one attached hydrogen (secondary N) is 1. The Labute approximate surface area is 320 Å². The van der Waals surface area contributed by atoms with Crippen LogP contribution in [0.2, 0.25) is 0 Å². The van der Waals surface area contributed by atoms with Crippen LogP contribution in [-0.4, -0.2) is 89.5 Å². The fraction of sp³-hybridized carbons (Fsp3) is 0.500. The number of carbonyl (C=O) groups is 2. The molecule has 1 aliphatic heterocycles. The number of hydrogen-bond acceptors (Lipinski definition) is 7. The summed E-state index contributed by atoms with van der Waals surface area (Å²) in [5.41, 5.74) is 7.23. The predicted octanol–water partition coefficient (Wildman–Crippen LogP) is 7.00. The maximum absolute atomic E-state index is 14.2. The number of sulfonamides is 1. The summed E-state index contributed by atoms with van der Waals surface area (Å²) in [6.07, 6.45) is 7.18. The van der Waals surface area contributed by atoms with Crippen molar-refractivity contribution >= 4 is 38.3 Å². The number of aryl methyl sites for hydroxylation is 2. The number of carbonyl (C=O) groups excluding carboxylic acids is 2. The summed E-state index contributed by atoms with van der Waals surface area (Å²) in [5.74, 6) is 0.0193. The highest BCUT2D eigenvalue weighted by molar-refractivity contribution is 7.90. The molecule has 11 nitrogen and oxygen atoms in total. The summed E-state index contributed by atoms with van der Waals surface area (Å²) in [5, 5.41) is 5.58. The van der Waals surface area contributed by atoms with Gasteiger partial charge in [-0.15, -0.1) is 0 Å². The van der Waals surface area contributed by atoms with Crippen LogP contribution in [0.1, 0.15) is 103 Å². The van der Waals surface area contributed by atoms with Crippen LogP contribution in [0.5, 0.6) is 5.75 Å². The second-order valence-electron chi connectivity index (χ2n) is 15.9. The minimum absolute atomic E-state index is 0.0703. The van der Waals surface area contributed by atoms with E-state index in [4.69, 9.17) is 4.74 Å². The van der Waals surface area contributed by atoms with Gasteiger partial charge in [-0.1, -0.05) is 45.8 Å². The molecule has 3 heterocycles. The van der Waals surface area contributed by atoms with Crippen molar-refractivity contribution in [2.24, 2.45) is 13.0 Å². The normalized spacial score (nSPS) is 18.7. The topological polar surface area (TPSA) is 119 Å². The minimum atomic E-state index is -3.83. The third-order valence-electron chi connectivity index (χ3n) is 11.4. The SMILES string of the molecule is C=C(Cn1c(-c2ccc(OC)cc2C)c(C2CCCCC2)c2ccc(C(=O)NS(=O)(=O)CC(C)C)cc21)c1c(C(=O)N2CC(C)N(C)C(C)C2)cnn1C. The monoisotopic (exact) mass is 756 g/mol. The maximum Gasteiger partial charge on any atom is 0.264 e. The van der Waals surface area contributed by atoms with Crippen molar-refractivity contribution in [3.63, 3.8) is 0 Å². The number of nitrogens with zero attached hydrogens (tertiary/aromatic N) is 5. The van der Waals surface area contributed by atoms with Gasteiger partial charge in [0.1, 0.15) is 5.75 Å². The van der Waals surface area contributed by atoms with E-state index in [0.717, 1.165) is 59.2 Å². The van der Waals surface area contributed by atoms with E-state index >= 15 is 0 Å². The van der Waals surface area contributed by atoms with Gasteiger partial charge in [-0.3, -0.25) is 19.2 Å². The van der Waals surface area contributed by atoms with Crippen LogP contribution >= 0.6 is 0 Å². The molecule has 2 aromatic carbocycles. The van der Waals surface area contributed by atoms with Crippen molar-refractivity contribution in [2.75, 3.05) is 33.0 Å². The Kier molecular flexibility index (Phi) is 11.5. The highest BCUT2D eigenvalue weighted by Gasteiger charge is 2.33. The van der Waals surface area contributed by atoms with E-state index in [1.54, 1.807) is 44.0 Å². The first-order chi connectivity index (χ1) is 25.6. The van der Waals surface area contributed by atoms with Crippen LogP contribution in [-0.2, 0) is 23.6 Å². The van der Waals surface area contributed by atoms with Gasteiger partial charge in [-0.05, 0) is 99.5 Å². The van der Waals surface area contributed by atoms with Crippen molar-refractivity contribution in [1.29, 1.82) is 0 Å². The number of ether oxygens (including phenoxy) is 1. The van der Waals surface area contributed by atoms with Crippen molar-refractivity contribution in [1.82, 2.24) is 28.9 Å². The summed E-state index contributed by atoms with van der Waals surface area (Å²) in [7, 11) is 1.76. The van der Waals surface area contributed by atoms with Gasteiger partial charge in [0.15, 0.2) is 0 Å². The number of rotatable bonds is 11. The van der Waals surface area contributed by atoms with E-state index < -0.39 is 15.9 Å². The van der Waals surface area contributed by atoms with Crippen LogP contribution in [0, 0.1) is 12.8 Å². The Morgan fingerprint density at radius 1 is 1.02 bits per heavy atom. The maximum atomic E-state index is 14.2. The average Bonchev–Trinajstić information content (AvgIpc) is 3.66. The number of amides is 2. The number of hydrogen-bond donors (Lipinski definition) is 1.